The second kappa shape index (κ2) is 5.15. The standard InChI is InChI=1S/C11H20N2O/c1-4-5-10(12)11-7-9(13-14-11)6-8(2)3/h7-8,10H,4-6,12H2,1-3H3. The summed E-state index contributed by atoms with van der Waals surface area (Å²) in [5.74, 6) is 1.43. The monoisotopic (exact) mass is 196 g/mol. The number of rotatable bonds is 5. The zero-order valence-electron chi connectivity index (χ0n) is 9.29. The lowest BCUT2D eigenvalue weighted by atomic mass is 10.1. The first kappa shape index (κ1) is 11.2. The molecule has 1 heterocycles. The summed E-state index contributed by atoms with van der Waals surface area (Å²) in [4.78, 5) is 0. The maximum Gasteiger partial charge on any atom is 0.153 e. The number of hydrogen-bond donors (Lipinski definition) is 1. The van der Waals surface area contributed by atoms with Crippen LogP contribution in [-0.4, -0.2) is 5.16 Å². The molecule has 1 aromatic rings. The maximum absolute atomic E-state index is 5.92. The summed E-state index contributed by atoms with van der Waals surface area (Å²) in [6.45, 7) is 6.45. The summed E-state index contributed by atoms with van der Waals surface area (Å²) in [6.07, 6.45) is 2.99. The molecule has 3 nitrogen and oxygen atoms in total. The van der Waals surface area contributed by atoms with Crippen molar-refractivity contribution in [3.05, 3.63) is 17.5 Å². The lowest BCUT2D eigenvalue weighted by Crippen LogP contribution is -2.08. The van der Waals surface area contributed by atoms with Crippen molar-refractivity contribution in [1.82, 2.24) is 5.16 Å². The number of hydrogen-bond acceptors (Lipinski definition) is 3. The predicted molar refractivity (Wildman–Crippen MR) is 56.9 cm³/mol. The van der Waals surface area contributed by atoms with Crippen LogP contribution in [0.25, 0.3) is 0 Å². The molecule has 1 unspecified atom stereocenters. The molecule has 0 aliphatic carbocycles. The third-order valence-corrected chi connectivity index (χ3v) is 2.16. The lowest BCUT2D eigenvalue weighted by molar-refractivity contribution is 0.348. The Morgan fingerprint density at radius 1 is 1.50 bits per heavy atom. The fourth-order valence-corrected chi connectivity index (χ4v) is 1.47. The molecule has 1 rings (SSSR count). The van der Waals surface area contributed by atoms with Crippen LogP contribution in [0.1, 0.15) is 51.1 Å². The number of nitrogens with zero attached hydrogens (tertiary/aromatic N) is 1. The highest BCUT2D eigenvalue weighted by molar-refractivity contribution is 5.09. The molecule has 1 atom stereocenters. The van der Waals surface area contributed by atoms with E-state index in [1.165, 1.54) is 0 Å². The summed E-state index contributed by atoms with van der Waals surface area (Å²) >= 11 is 0. The molecule has 0 bridgehead atoms. The normalized spacial score (nSPS) is 13.5. The smallest absolute Gasteiger partial charge is 0.153 e. The molecule has 0 spiro atoms. The summed E-state index contributed by atoms with van der Waals surface area (Å²) in [5.41, 5.74) is 6.93. The van der Waals surface area contributed by atoms with Crippen LogP contribution in [0.4, 0.5) is 0 Å². The van der Waals surface area contributed by atoms with Gasteiger partial charge in [0.25, 0.3) is 0 Å². The molecular weight excluding hydrogens is 176 g/mol. The van der Waals surface area contributed by atoms with Crippen LogP contribution in [-0.2, 0) is 6.42 Å². The van der Waals surface area contributed by atoms with Crippen LogP contribution in [0.5, 0.6) is 0 Å². The quantitative estimate of drug-likeness (QED) is 0.787. The van der Waals surface area contributed by atoms with Crippen molar-refractivity contribution in [2.24, 2.45) is 11.7 Å². The molecule has 1 aromatic heterocycles. The Bertz CT molecular complexity index is 268. The van der Waals surface area contributed by atoms with Gasteiger partial charge in [-0.15, -0.1) is 0 Å². The van der Waals surface area contributed by atoms with Gasteiger partial charge in [-0.1, -0.05) is 32.3 Å². The molecule has 0 fully saturated rings. The van der Waals surface area contributed by atoms with E-state index in [-0.39, 0.29) is 6.04 Å². The van der Waals surface area contributed by atoms with Gasteiger partial charge in [-0.05, 0) is 18.8 Å². The van der Waals surface area contributed by atoms with E-state index in [0.29, 0.717) is 5.92 Å². The van der Waals surface area contributed by atoms with Gasteiger partial charge < -0.3 is 10.3 Å². The van der Waals surface area contributed by atoms with E-state index >= 15 is 0 Å². The molecule has 3 heteroatoms. The Morgan fingerprint density at radius 3 is 2.79 bits per heavy atom. The minimum Gasteiger partial charge on any atom is -0.359 e. The Kier molecular flexibility index (Phi) is 4.14. The van der Waals surface area contributed by atoms with E-state index in [4.69, 9.17) is 10.3 Å². The molecule has 0 aromatic carbocycles. The average molecular weight is 196 g/mol. The fraction of sp³-hybridized carbons (Fsp3) is 0.727. The fourth-order valence-electron chi connectivity index (χ4n) is 1.47. The highest BCUT2D eigenvalue weighted by Gasteiger charge is 2.12. The molecule has 0 aliphatic rings. The zero-order chi connectivity index (χ0) is 10.6. The van der Waals surface area contributed by atoms with Crippen molar-refractivity contribution in [2.45, 2.75) is 46.1 Å². The first-order chi connectivity index (χ1) is 6.63. The Hall–Kier alpha value is -0.830. The number of aromatic nitrogens is 1. The molecule has 0 saturated heterocycles. The zero-order valence-corrected chi connectivity index (χ0v) is 9.29. The van der Waals surface area contributed by atoms with Gasteiger partial charge in [0.05, 0.1) is 11.7 Å². The van der Waals surface area contributed by atoms with Gasteiger partial charge in [-0.25, -0.2) is 0 Å². The third kappa shape index (κ3) is 3.14. The summed E-state index contributed by atoms with van der Waals surface area (Å²) in [7, 11) is 0. The van der Waals surface area contributed by atoms with E-state index in [1.54, 1.807) is 0 Å². The largest absolute Gasteiger partial charge is 0.359 e. The molecule has 0 radical (unpaired) electrons. The highest BCUT2D eigenvalue weighted by atomic mass is 16.5. The van der Waals surface area contributed by atoms with Crippen molar-refractivity contribution in [1.29, 1.82) is 0 Å². The summed E-state index contributed by atoms with van der Waals surface area (Å²) < 4.78 is 5.20. The van der Waals surface area contributed by atoms with Gasteiger partial charge >= 0.3 is 0 Å². The SMILES string of the molecule is CCCC(N)c1cc(CC(C)C)no1. The van der Waals surface area contributed by atoms with Crippen molar-refractivity contribution in [3.8, 4) is 0 Å². The van der Waals surface area contributed by atoms with Crippen LogP contribution in [0, 0.1) is 5.92 Å². The van der Waals surface area contributed by atoms with Crippen LogP contribution >= 0.6 is 0 Å². The van der Waals surface area contributed by atoms with Crippen molar-refractivity contribution in [3.63, 3.8) is 0 Å². The molecule has 14 heavy (non-hydrogen) atoms. The molecule has 2 N–H and O–H groups in total. The predicted octanol–water partition coefficient (Wildman–Crippen LogP) is 2.67. The highest BCUT2D eigenvalue weighted by Crippen LogP contribution is 2.17. The topological polar surface area (TPSA) is 52.0 Å². The van der Waals surface area contributed by atoms with Gasteiger partial charge in [0.2, 0.25) is 0 Å². The van der Waals surface area contributed by atoms with Gasteiger partial charge in [0.1, 0.15) is 0 Å². The van der Waals surface area contributed by atoms with Gasteiger partial charge in [-0.3, -0.25) is 0 Å². The van der Waals surface area contributed by atoms with Gasteiger partial charge in [0.15, 0.2) is 5.76 Å². The number of nitrogens with two attached hydrogens (primary N) is 1. The van der Waals surface area contributed by atoms with Gasteiger partial charge in [0, 0.05) is 6.07 Å². The van der Waals surface area contributed by atoms with Crippen LogP contribution in [0.15, 0.2) is 10.6 Å². The summed E-state index contributed by atoms with van der Waals surface area (Å²) in [5, 5.41) is 4.00. The van der Waals surface area contributed by atoms with E-state index in [1.807, 2.05) is 6.07 Å². The second-order valence-corrected chi connectivity index (χ2v) is 4.21. The van der Waals surface area contributed by atoms with Crippen molar-refractivity contribution < 1.29 is 4.52 Å². The molecule has 0 amide bonds. The van der Waals surface area contributed by atoms with Crippen molar-refractivity contribution in [2.75, 3.05) is 0 Å². The molecular formula is C11H20N2O. The molecule has 0 saturated carbocycles. The minimum atomic E-state index is 0.00779. The lowest BCUT2D eigenvalue weighted by Gasteiger charge is -2.03. The maximum atomic E-state index is 5.92. The minimum absolute atomic E-state index is 0.00779. The first-order valence-electron chi connectivity index (χ1n) is 5.34. The van der Waals surface area contributed by atoms with Crippen LogP contribution in [0.2, 0.25) is 0 Å². The Balaban J connectivity index is 2.58. The van der Waals surface area contributed by atoms with E-state index in [0.717, 1.165) is 30.7 Å². The van der Waals surface area contributed by atoms with Gasteiger partial charge in [-0.2, -0.15) is 0 Å². The van der Waals surface area contributed by atoms with E-state index in [9.17, 15) is 0 Å². The Labute approximate surface area is 85.7 Å². The van der Waals surface area contributed by atoms with Crippen LogP contribution < -0.4 is 5.73 Å². The van der Waals surface area contributed by atoms with E-state index in [2.05, 4.69) is 25.9 Å². The first-order valence-corrected chi connectivity index (χ1v) is 5.34. The second-order valence-electron chi connectivity index (χ2n) is 4.21. The molecule has 0 aliphatic heterocycles. The molecule has 80 valence electrons. The van der Waals surface area contributed by atoms with Crippen molar-refractivity contribution >= 4 is 0 Å². The van der Waals surface area contributed by atoms with Crippen LogP contribution in [0.3, 0.4) is 0 Å². The Morgan fingerprint density at radius 2 is 2.21 bits per heavy atom. The summed E-state index contributed by atoms with van der Waals surface area (Å²) in [6, 6.07) is 1.99. The van der Waals surface area contributed by atoms with E-state index < -0.39 is 0 Å². The third-order valence-electron chi connectivity index (χ3n) is 2.16. The average Bonchev–Trinajstić information content (AvgIpc) is 2.52.